The van der Waals surface area contributed by atoms with Crippen molar-refractivity contribution < 1.29 is 8.83 Å². The van der Waals surface area contributed by atoms with E-state index < -0.39 is 0 Å². The summed E-state index contributed by atoms with van der Waals surface area (Å²) in [4.78, 5) is 9.39. The van der Waals surface area contributed by atoms with E-state index in [4.69, 9.17) is 13.8 Å². The number of nitrogens with zero attached hydrogens (tertiary/aromatic N) is 4. The summed E-state index contributed by atoms with van der Waals surface area (Å²) < 4.78 is 12.1. The molecule has 2 aromatic heterocycles. The van der Waals surface area contributed by atoms with Gasteiger partial charge in [-0.25, -0.2) is 4.98 Å². The van der Waals surface area contributed by atoms with E-state index in [0.29, 0.717) is 28.6 Å². The summed E-state index contributed by atoms with van der Waals surface area (Å²) >= 11 is 0. The molecule has 3 heterocycles. The Morgan fingerprint density at radius 3 is 2.62 bits per heavy atom. The van der Waals surface area contributed by atoms with Crippen molar-refractivity contribution in [2.75, 3.05) is 32.1 Å². The van der Waals surface area contributed by atoms with Gasteiger partial charge in [-0.2, -0.15) is 5.26 Å². The average Bonchev–Trinajstić information content (AvgIpc) is 3.39. The van der Waals surface area contributed by atoms with E-state index in [1.807, 2.05) is 19.1 Å². The van der Waals surface area contributed by atoms with Gasteiger partial charge in [-0.3, -0.25) is 0 Å². The number of fused-ring (bicyclic) bond motifs is 1. The smallest absolute Gasteiger partial charge is 0.201 e. The first-order valence-electron chi connectivity index (χ1n) is 10.0. The molecule has 0 radical (unpaired) electrons. The van der Waals surface area contributed by atoms with E-state index in [1.54, 1.807) is 6.26 Å². The second kappa shape index (κ2) is 6.93. The molecule has 1 aromatic carbocycles. The zero-order valence-electron chi connectivity index (χ0n) is 18.0. The van der Waals surface area contributed by atoms with Crippen LogP contribution in [-0.4, -0.2) is 43.1 Å². The Kier molecular flexibility index (Phi) is 4.66. The third-order valence-electron chi connectivity index (χ3n) is 5.80. The van der Waals surface area contributed by atoms with Crippen LogP contribution in [-0.2, 0) is 5.41 Å². The quantitative estimate of drug-likeness (QED) is 0.643. The van der Waals surface area contributed by atoms with Gasteiger partial charge >= 0.3 is 0 Å². The van der Waals surface area contributed by atoms with Gasteiger partial charge in [0.15, 0.2) is 5.58 Å². The lowest BCUT2D eigenvalue weighted by Crippen LogP contribution is -2.31. The molecule has 0 saturated carbocycles. The Bertz CT molecular complexity index is 1080. The lowest BCUT2D eigenvalue weighted by molar-refractivity contribution is 0.315. The molecule has 4 rings (SSSR count). The van der Waals surface area contributed by atoms with E-state index in [0.717, 1.165) is 42.1 Å². The molecule has 0 aliphatic carbocycles. The first-order chi connectivity index (χ1) is 13.7. The van der Waals surface area contributed by atoms with Crippen LogP contribution in [0.15, 0.2) is 27.2 Å². The van der Waals surface area contributed by atoms with E-state index in [2.05, 4.69) is 50.7 Å². The first kappa shape index (κ1) is 19.5. The molecule has 1 aliphatic rings. The van der Waals surface area contributed by atoms with Crippen molar-refractivity contribution in [2.45, 2.75) is 45.6 Å². The van der Waals surface area contributed by atoms with Crippen LogP contribution < -0.4 is 4.90 Å². The molecule has 0 N–H and O–H groups in total. The molecule has 152 valence electrons. The molecule has 1 saturated heterocycles. The summed E-state index contributed by atoms with van der Waals surface area (Å²) in [6.07, 6.45) is 2.74. The van der Waals surface area contributed by atoms with Gasteiger partial charge in [0.1, 0.15) is 17.3 Å². The Hall–Kier alpha value is -2.78. The highest BCUT2D eigenvalue weighted by Gasteiger charge is 2.33. The van der Waals surface area contributed by atoms with Crippen molar-refractivity contribution in [3.8, 4) is 17.4 Å². The maximum Gasteiger partial charge on any atom is 0.201 e. The minimum Gasteiger partial charge on any atom is -0.464 e. The maximum atomic E-state index is 9.94. The van der Waals surface area contributed by atoms with Crippen LogP contribution in [0.25, 0.3) is 22.4 Å². The highest BCUT2D eigenvalue weighted by molar-refractivity contribution is 6.01. The number of hydrogen-bond donors (Lipinski definition) is 0. The van der Waals surface area contributed by atoms with Crippen molar-refractivity contribution in [1.29, 1.82) is 5.26 Å². The van der Waals surface area contributed by atoms with E-state index in [-0.39, 0.29) is 5.41 Å². The largest absolute Gasteiger partial charge is 0.464 e. The summed E-state index contributed by atoms with van der Waals surface area (Å²) in [5.74, 6) is 1.39. The fourth-order valence-corrected chi connectivity index (χ4v) is 4.09. The number of anilines is 1. The van der Waals surface area contributed by atoms with Gasteiger partial charge in [0, 0.05) is 30.1 Å². The van der Waals surface area contributed by atoms with Crippen LogP contribution >= 0.6 is 0 Å². The molecule has 29 heavy (non-hydrogen) atoms. The van der Waals surface area contributed by atoms with E-state index >= 15 is 0 Å². The number of furan rings is 1. The van der Waals surface area contributed by atoms with Gasteiger partial charge in [-0.05, 0) is 45.1 Å². The molecule has 0 unspecified atom stereocenters. The van der Waals surface area contributed by atoms with Crippen molar-refractivity contribution in [3.05, 3.63) is 35.4 Å². The molecule has 0 bridgehead atoms. The number of rotatable bonds is 3. The Morgan fingerprint density at radius 1 is 1.31 bits per heavy atom. The topological polar surface area (TPSA) is 69.4 Å². The Balaban J connectivity index is 2.04. The number of likely N-dealkylation sites (N-methyl/N-ethyl adjacent to an activating group) is 1. The van der Waals surface area contributed by atoms with Crippen LogP contribution in [0.2, 0.25) is 0 Å². The highest BCUT2D eigenvalue weighted by Crippen LogP contribution is 2.45. The minimum absolute atomic E-state index is 0.251. The van der Waals surface area contributed by atoms with Crippen molar-refractivity contribution in [1.82, 2.24) is 9.88 Å². The summed E-state index contributed by atoms with van der Waals surface area (Å²) in [6.45, 7) is 10.0. The second-order valence-corrected chi connectivity index (χ2v) is 9.11. The van der Waals surface area contributed by atoms with Crippen LogP contribution in [0, 0.1) is 18.3 Å². The molecular weight excluding hydrogens is 364 g/mol. The standard InChI is InChI=1S/C23H28N4O2/c1-14-16(12-24)19-21(29-22(25-19)23(2,3)4)20(18(14)17-8-7-11-28-17)27-10-9-15(13-27)26(5)6/h7-8,11,15H,9-10,13H2,1-6H3/t15-/m0/s1. The predicted molar refractivity (Wildman–Crippen MR) is 114 cm³/mol. The lowest BCUT2D eigenvalue weighted by Gasteiger charge is -2.25. The summed E-state index contributed by atoms with van der Waals surface area (Å²) in [6, 6.07) is 6.65. The summed E-state index contributed by atoms with van der Waals surface area (Å²) in [5, 5.41) is 9.94. The Morgan fingerprint density at radius 2 is 2.07 bits per heavy atom. The molecule has 6 heteroatoms. The molecular formula is C23H28N4O2. The van der Waals surface area contributed by atoms with Crippen LogP contribution in [0.4, 0.5) is 5.69 Å². The van der Waals surface area contributed by atoms with Crippen LogP contribution in [0.5, 0.6) is 0 Å². The fourth-order valence-electron chi connectivity index (χ4n) is 4.09. The fraction of sp³-hybridized carbons (Fsp3) is 0.478. The molecule has 0 amide bonds. The summed E-state index contributed by atoms with van der Waals surface area (Å²) in [5.41, 5.74) is 4.42. The first-order valence-corrected chi connectivity index (χ1v) is 10.0. The van der Waals surface area contributed by atoms with Gasteiger partial charge in [-0.1, -0.05) is 20.8 Å². The van der Waals surface area contributed by atoms with Crippen molar-refractivity contribution in [2.24, 2.45) is 0 Å². The molecule has 0 spiro atoms. The van der Waals surface area contributed by atoms with Crippen LogP contribution in [0.3, 0.4) is 0 Å². The average molecular weight is 393 g/mol. The maximum absolute atomic E-state index is 9.94. The number of hydrogen-bond acceptors (Lipinski definition) is 6. The third-order valence-corrected chi connectivity index (χ3v) is 5.80. The van der Waals surface area contributed by atoms with Gasteiger partial charge in [-0.15, -0.1) is 0 Å². The number of nitriles is 1. The lowest BCUT2D eigenvalue weighted by atomic mass is 9.96. The van der Waals surface area contributed by atoms with E-state index in [1.165, 1.54) is 0 Å². The summed E-state index contributed by atoms with van der Waals surface area (Å²) in [7, 11) is 4.24. The van der Waals surface area contributed by atoms with Gasteiger partial charge < -0.3 is 18.6 Å². The molecule has 3 aromatic rings. The zero-order valence-corrected chi connectivity index (χ0v) is 18.0. The molecule has 1 fully saturated rings. The zero-order chi connectivity index (χ0) is 20.9. The Labute approximate surface area is 171 Å². The van der Waals surface area contributed by atoms with Gasteiger partial charge in [0.25, 0.3) is 0 Å². The number of oxazole rings is 1. The molecule has 6 nitrogen and oxygen atoms in total. The van der Waals surface area contributed by atoms with E-state index in [9.17, 15) is 5.26 Å². The molecule has 1 aliphatic heterocycles. The van der Waals surface area contributed by atoms with Crippen molar-refractivity contribution in [3.63, 3.8) is 0 Å². The SMILES string of the molecule is Cc1c(-c2ccco2)c(N2CC[C@H](N(C)C)C2)c2oc(C(C)(C)C)nc2c1C#N. The van der Waals surface area contributed by atoms with Crippen LogP contribution in [0.1, 0.15) is 44.2 Å². The monoisotopic (exact) mass is 392 g/mol. The van der Waals surface area contributed by atoms with Gasteiger partial charge in [0.2, 0.25) is 5.89 Å². The van der Waals surface area contributed by atoms with Gasteiger partial charge in [0.05, 0.1) is 17.5 Å². The van der Waals surface area contributed by atoms with Crippen molar-refractivity contribution >= 4 is 16.8 Å². The third kappa shape index (κ3) is 3.20. The number of aromatic nitrogens is 1. The predicted octanol–water partition coefficient (Wildman–Crippen LogP) is 4.71. The minimum atomic E-state index is -0.251. The molecule has 1 atom stereocenters. The normalized spacial score (nSPS) is 17.4. The highest BCUT2D eigenvalue weighted by atomic mass is 16.4. The number of benzene rings is 1. The second-order valence-electron chi connectivity index (χ2n) is 9.11.